The molecular weight excluding hydrogens is 432 g/mol. The summed E-state index contributed by atoms with van der Waals surface area (Å²) in [6, 6.07) is 18.4. The number of hydrogen-bond acceptors (Lipinski definition) is 6. The van der Waals surface area contributed by atoms with E-state index in [1.54, 1.807) is 22.7 Å². The van der Waals surface area contributed by atoms with Crippen LogP contribution in [0, 0.1) is 0 Å². The van der Waals surface area contributed by atoms with Crippen LogP contribution in [-0.2, 0) is 17.8 Å². The van der Waals surface area contributed by atoms with Gasteiger partial charge in [-0.15, -0.1) is 32.9 Å². The molecule has 4 aromatic rings. The van der Waals surface area contributed by atoms with Crippen molar-refractivity contribution in [2.24, 2.45) is 0 Å². The van der Waals surface area contributed by atoms with Gasteiger partial charge in [0.2, 0.25) is 5.91 Å². The molecule has 0 spiro atoms. The van der Waals surface area contributed by atoms with E-state index in [0.717, 1.165) is 22.3 Å². The van der Waals surface area contributed by atoms with Crippen molar-refractivity contribution in [3.8, 4) is 10.7 Å². The quantitative estimate of drug-likeness (QED) is 0.363. The van der Waals surface area contributed by atoms with Crippen molar-refractivity contribution in [3.63, 3.8) is 0 Å². The average Bonchev–Trinajstić information content (AvgIpc) is 3.52. The molecule has 3 aromatic heterocycles. The molecule has 1 unspecified atom stereocenters. The second-order valence-corrected chi connectivity index (χ2v) is 10.0. The summed E-state index contributed by atoms with van der Waals surface area (Å²) in [5.41, 5.74) is 1.17. The van der Waals surface area contributed by atoms with Crippen LogP contribution in [0.15, 0.2) is 70.5 Å². The Morgan fingerprint density at radius 3 is 2.60 bits per heavy atom. The van der Waals surface area contributed by atoms with Crippen molar-refractivity contribution in [2.75, 3.05) is 6.54 Å². The number of thioether (sulfide) groups is 1. The van der Waals surface area contributed by atoms with Crippen LogP contribution in [0.4, 0.5) is 0 Å². The second-order valence-electron chi connectivity index (χ2n) is 6.74. The van der Waals surface area contributed by atoms with Crippen LogP contribution < -0.4 is 5.32 Å². The Hall–Kier alpha value is -2.42. The first-order chi connectivity index (χ1) is 14.7. The van der Waals surface area contributed by atoms with Gasteiger partial charge in [-0.25, -0.2) is 0 Å². The molecule has 1 aromatic carbocycles. The fraction of sp³-hybridized carbons (Fsp3) is 0.227. The van der Waals surface area contributed by atoms with Gasteiger partial charge in [0.15, 0.2) is 11.0 Å². The van der Waals surface area contributed by atoms with Crippen LogP contribution in [0.25, 0.3) is 10.7 Å². The minimum absolute atomic E-state index is 0.0171. The van der Waals surface area contributed by atoms with E-state index in [2.05, 4.69) is 43.7 Å². The minimum Gasteiger partial charge on any atom is -0.355 e. The van der Waals surface area contributed by atoms with Gasteiger partial charge >= 0.3 is 0 Å². The summed E-state index contributed by atoms with van der Waals surface area (Å²) >= 11 is 4.80. The summed E-state index contributed by atoms with van der Waals surface area (Å²) in [6.07, 6.45) is 0.855. The Morgan fingerprint density at radius 1 is 1.07 bits per heavy atom. The topological polar surface area (TPSA) is 59.8 Å². The number of nitrogens with one attached hydrogen (secondary N) is 1. The van der Waals surface area contributed by atoms with Crippen LogP contribution in [0.1, 0.15) is 17.4 Å². The van der Waals surface area contributed by atoms with Gasteiger partial charge in [-0.05, 0) is 41.8 Å². The average molecular weight is 455 g/mol. The third kappa shape index (κ3) is 5.19. The van der Waals surface area contributed by atoms with Crippen LogP contribution in [0.2, 0.25) is 0 Å². The number of rotatable bonds is 9. The molecule has 5 nitrogen and oxygen atoms in total. The van der Waals surface area contributed by atoms with E-state index in [-0.39, 0.29) is 11.2 Å². The molecule has 1 N–H and O–H groups in total. The maximum Gasteiger partial charge on any atom is 0.233 e. The van der Waals surface area contributed by atoms with Crippen molar-refractivity contribution >= 4 is 40.3 Å². The van der Waals surface area contributed by atoms with E-state index >= 15 is 0 Å². The molecule has 3 heterocycles. The maximum atomic E-state index is 12.6. The van der Waals surface area contributed by atoms with Gasteiger partial charge in [-0.3, -0.25) is 9.36 Å². The van der Waals surface area contributed by atoms with Crippen LogP contribution in [0.5, 0.6) is 0 Å². The lowest BCUT2D eigenvalue weighted by molar-refractivity contribution is -0.120. The number of carbonyl (C=O) groups excluding carboxylic acids is 1. The molecular formula is C22H22N4OS3. The second kappa shape index (κ2) is 10.1. The Labute approximate surface area is 188 Å². The van der Waals surface area contributed by atoms with E-state index in [9.17, 15) is 4.79 Å². The summed E-state index contributed by atoms with van der Waals surface area (Å²) in [4.78, 5) is 14.9. The SMILES string of the molecule is CC(Sc1nnc(-c2cccs2)n1Cc1ccccc1)C(=O)NCCc1cccs1. The molecule has 0 saturated carbocycles. The van der Waals surface area contributed by atoms with Gasteiger partial charge in [0, 0.05) is 11.4 Å². The molecule has 1 amide bonds. The van der Waals surface area contributed by atoms with E-state index < -0.39 is 0 Å². The third-order valence-corrected chi connectivity index (χ3v) is 7.43. The monoisotopic (exact) mass is 454 g/mol. The molecule has 0 fully saturated rings. The molecule has 0 saturated heterocycles. The Balaban J connectivity index is 1.46. The fourth-order valence-corrected chi connectivity index (χ4v) is 5.29. The molecule has 4 rings (SSSR count). The van der Waals surface area contributed by atoms with Crippen LogP contribution in [-0.4, -0.2) is 32.5 Å². The van der Waals surface area contributed by atoms with Crippen molar-refractivity contribution in [3.05, 3.63) is 75.8 Å². The summed E-state index contributed by atoms with van der Waals surface area (Å²) in [6.45, 7) is 3.22. The number of aromatic nitrogens is 3. The molecule has 0 aliphatic rings. The molecule has 8 heteroatoms. The first-order valence-electron chi connectivity index (χ1n) is 9.68. The number of carbonyl (C=O) groups is 1. The number of hydrogen-bond donors (Lipinski definition) is 1. The van der Waals surface area contributed by atoms with Gasteiger partial charge in [-0.2, -0.15) is 0 Å². The lowest BCUT2D eigenvalue weighted by atomic mass is 10.2. The molecule has 0 radical (unpaired) electrons. The van der Waals surface area contributed by atoms with Crippen LogP contribution in [0.3, 0.4) is 0 Å². The highest BCUT2D eigenvalue weighted by Crippen LogP contribution is 2.30. The van der Waals surface area contributed by atoms with Gasteiger partial charge in [0.05, 0.1) is 16.7 Å². The van der Waals surface area contributed by atoms with E-state index in [1.165, 1.54) is 22.2 Å². The van der Waals surface area contributed by atoms with Crippen molar-refractivity contribution in [1.29, 1.82) is 0 Å². The zero-order valence-corrected chi connectivity index (χ0v) is 19.0. The maximum absolute atomic E-state index is 12.6. The van der Waals surface area contributed by atoms with E-state index in [4.69, 9.17) is 0 Å². The van der Waals surface area contributed by atoms with Gasteiger partial charge < -0.3 is 5.32 Å². The highest BCUT2D eigenvalue weighted by atomic mass is 32.2. The highest BCUT2D eigenvalue weighted by molar-refractivity contribution is 8.00. The normalized spacial score (nSPS) is 12.0. The van der Waals surface area contributed by atoms with Gasteiger partial charge in [0.1, 0.15) is 0 Å². The lowest BCUT2D eigenvalue weighted by Crippen LogP contribution is -2.32. The first kappa shape index (κ1) is 20.8. The number of amides is 1. The lowest BCUT2D eigenvalue weighted by Gasteiger charge is -2.13. The predicted octanol–water partition coefficient (Wildman–Crippen LogP) is 4.96. The smallest absolute Gasteiger partial charge is 0.233 e. The van der Waals surface area contributed by atoms with E-state index in [0.29, 0.717) is 13.1 Å². The first-order valence-corrected chi connectivity index (χ1v) is 12.3. The van der Waals surface area contributed by atoms with Crippen molar-refractivity contribution < 1.29 is 4.79 Å². The highest BCUT2D eigenvalue weighted by Gasteiger charge is 2.21. The summed E-state index contributed by atoms with van der Waals surface area (Å²) in [5, 5.41) is 16.5. The van der Waals surface area contributed by atoms with Gasteiger partial charge in [0.25, 0.3) is 0 Å². The number of benzene rings is 1. The zero-order valence-electron chi connectivity index (χ0n) is 16.5. The molecule has 0 aliphatic carbocycles. The van der Waals surface area contributed by atoms with E-state index in [1.807, 2.05) is 48.7 Å². The Kier molecular flexibility index (Phi) is 6.99. The van der Waals surface area contributed by atoms with Crippen molar-refractivity contribution in [2.45, 2.75) is 30.3 Å². The predicted molar refractivity (Wildman–Crippen MR) is 125 cm³/mol. The van der Waals surface area contributed by atoms with Crippen molar-refractivity contribution in [1.82, 2.24) is 20.1 Å². The Morgan fingerprint density at radius 2 is 1.87 bits per heavy atom. The number of thiophene rings is 2. The largest absolute Gasteiger partial charge is 0.355 e. The standard InChI is InChI=1S/C22H22N4OS3/c1-16(21(27)23-12-11-18-9-5-13-28-18)30-22-25-24-20(19-10-6-14-29-19)26(22)15-17-7-3-2-4-8-17/h2-10,13-14,16H,11-12,15H2,1H3,(H,23,27). The zero-order chi connectivity index (χ0) is 20.8. The fourth-order valence-electron chi connectivity index (χ4n) is 2.99. The Bertz CT molecular complexity index is 1060. The minimum atomic E-state index is -0.261. The third-order valence-electron chi connectivity index (χ3n) is 4.54. The molecule has 0 bridgehead atoms. The molecule has 0 aliphatic heterocycles. The molecule has 1 atom stereocenters. The molecule has 30 heavy (non-hydrogen) atoms. The van der Waals surface area contributed by atoms with Crippen LogP contribution >= 0.6 is 34.4 Å². The van der Waals surface area contributed by atoms with Gasteiger partial charge in [-0.1, -0.05) is 54.2 Å². The molecule has 154 valence electrons. The number of nitrogens with zero attached hydrogens (tertiary/aromatic N) is 3. The summed E-state index contributed by atoms with van der Waals surface area (Å²) in [5.74, 6) is 0.852. The summed E-state index contributed by atoms with van der Waals surface area (Å²) in [7, 11) is 0. The summed E-state index contributed by atoms with van der Waals surface area (Å²) < 4.78 is 2.10.